The Hall–Kier alpha value is -3.22. The van der Waals surface area contributed by atoms with Gasteiger partial charge < -0.3 is 15.4 Å². The quantitative estimate of drug-likeness (QED) is 0.641. The van der Waals surface area contributed by atoms with Crippen LogP contribution in [0.3, 0.4) is 0 Å². The molecule has 130 valence electrons. The summed E-state index contributed by atoms with van der Waals surface area (Å²) in [6.45, 7) is 0.133. The molecule has 2 N–H and O–H groups in total. The first kappa shape index (κ1) is 18.1. The second-order valence-corrected chi connectivity index (χ2v) is 5.12. The molecule has 0 unspecified atom stereocenters. The van der Waals surface area contributed by atoms with Crippen molar-refractivity contribution in [3.05, 3.63) is 65.5 Å². The van der Waals surface area contributed by atoms with Gasteiger partial charge in [-0.1, -0.05) is 18.2 Å². The number of esters is 1. The summed E-state index contributed by atoms with van der Waals surface area (Å²) in [5.41, 5.74) is 1.15. The molecule has 2 amide bonds. The van der Waals surface area contributed by atoms with Crippen LogP contribution in [0.4, 0.5) is 10.1 Å². The highest BCUT2D eigenvalue weighted by Gasteiger charge is 2.14. The summed E-state index contributed by atoms with van der Waals surface area (Å²) in [7, 11) is 1.27. The predicted octanol–water partition coefficient (Wildman–Crippen LogP) is 1.91. The Balaban J connectivity index is 1.83. The monoisotopic (exact) mass is 344 g/mol. The zero-order valence-electron chi connectivity index (χ0n) is 13.5. The minimum atomic E-state index is -0.848. The molecule has 0 saturated heterocycles. The van der Waals surface area contributed by atoms with Gasteiger partial charge in [0.1, 0.15) is 5.82 Å². The van der Waals surface area contributed by atoms with E-state index in [4.69, 9.17) is 0 Å². The number of amides is 2. The molecule has 2 aromatic rings. The highest BCUT2D eigenvalue weighted by Crippen LogP contribution is 2.10. The van der Waals surface area contributed by atoms with Gasteiger partial charge in [0, 0.05) is 12.2 Å². The first-order valence-corrected chi connectivity index (χ1v) is 7.52. The molecule has 2 aromatic carbocycles. The van der Waals surface area contributed by atoms with Crippen LogP contribution in [0.1, 0.15) is 15.9 Å². The molecule has 0 bridgehead atoms. The standard InChI is InChI=1S/C18H17FN2O4/c1-25-18(24)13-6-8-14(9-7-13)21-17(23)16(22)20-11-10-12-4-2-3-5-15(12)19/h2-9H,10-11H2,1H3,(H,20,22)(H,21,23). The molecule has 0 aromatic heterocycles. The lowest BCUT2D eigenvalue weighted by Crippen LogP contribution is -2.36. The molecule has 0 spiro atoms. The number of rotatable bonds is 5. The molecule has 0 heterocycles. The van der Waals surface area contributed by atoms with Gasteiger partial charge >= 0.3 is 17.8 Å². The van der Waals surface area contributed by atoms with Crippen LogP contribution in [0.15, 0.2) is 48.5 Å². The van der Waals surface area contributed by atoms with Crippen LogP contribution in [0, 0.1) is 5.82 Å². The first-order valence-electron chi connectivity index (χ1n) is 7.52. The molecular weight excluding hydrogens is 327 g/mol. The van der Waals surface area contributed by atoms with Gasteiger partial charge in [-0.15, -0.1) is 0 Å². The molecule has 0 radical (unpaired) electrons. The van der Waals surface area contributed by atoms with Crippen LogP contribution < -0.4 is 10.6 Å². The van der Waals surface area contributed by atoms with Crippen molar-refractivity contribution in [3.63, 3.8) is 0 Å². The van der Waals surface area contributed by atoms with E-state index >= 15 is 0 Å². The molecule has 2 rings (SSSR count). The second-order valence-electron chi connectivity index (χ2n) is 5.12. The molecular formula is C18H17FN2O4. The maximum atomic E-state index is 13.5. The van der Waals surface area contributed by atoms with E-state index in [1.54, 1.807) is 18.2 Å². The van der Waals surface area contributed by atoms with Crippen molar-refractivity contribution in [1.82, 2.24) is 5.32 Å². The third kappa shape index (κ3) is 5.13. The fraction of sp³-hybridized carbons (Fsp3) is 0.167. The topological polar surface area (TPSA) is 84.5 Å². The lowest BCUT2D eigenvalue weighted by atomic mass is 10.1. The average Bonchev–Trinajstić information content (AvgIpc) is 2.63. The minimum Gasteiger partial charge on any atom is -0.465 e. The first-order chi connectivity index (χ1) is 12.0. The van der Waals surface area contributed by atoms with Crippen LogP contribution in [0.2, 0.25) is 0 Å². The van der Waals surface area contributed by atoms with Crippen molar-refractivity contribution in [1.29, 1.82) is 0 Å². The van der Waals surface area contributed by atoms with Gasteiger partial charge in [0.15, 0.2) is 0 Å². The lowest BCUT2D eigenvalue weighted by molar-refractivity contribution is -0.136. The number of carbonyl (C=O) groups is 3. The molecule has 7 heteroatoms. The van der Waals surface area contributed by atoms with E-state index in [2.05, 4.69) is 15.4 Å². The van der Waals surface area contributed by atoms with E-state index < -0.39 is 17.8 Å². The number of nitrogens with one attached hydrogen (secondary N) is 2. The molecule has 6 nitrogen and oxygen atoms in total. The van der Waals surface area contributed by atoms with Crippen molar-refractivity contribution in [3.8, 4) is 0 Å². The summed E-state index contributed by atoms with van der Waals surface area (Å²) in [4.78, 5) is 34.9. The Morgan fingerprint density at radius 2 is 1.68 bits per heavy atom. The predicted molar refractivity (Wildman–Crippen MR) is 89.5 cm³/mol. The number of methoxy groups -OCH3 is 1. The Kier molecular flexibility index (Phi) is 6.22. The Morgan fingerprint density at radius 3 is 2.32 bits per heavy atom. The van der Waals surface area contributed by atoms with E-state index in [9.17, 15) is 18.8 Å². The van der Waals surface area contributed by atoms with Gasteiger partial charge in [-0.2, -0.15) is 0 Å². The zero-order chi connectivity index (χ0) is 18.2. The van der Waals surface area contributed by atoms with Gasteiger partial charge in [-0.25, -0.2) is 9.18 Å². The van der Waals surface area contributed by atoms with E-state index in [1.165, 1.54) is 37.4 Å². The molecule has 0 aliphatic carbocycles. The van der Waals surface area contributed by atoms with Crippen LogP contribution >= 0.6 is 0 Å². The normalized spacial score (nSPS) is 10.0. The number of anilines is 1. The van der Waals surface area contributed by atoms with Gasteiger partial charge in [0.25, 0.3) is 0 Å². The van der Waals surface area contributed by atoms with Gasteiger partial charge in [-0.05, 0) is 42.3 Å². The average molecular weight is 344 g/mol. The summed E-state index contributed by atoms with van der Waals surface area (Å²) in [5, 5.41) is 4.83. The Morgan fingerprint density at radius 1 is 1.00 bits per heavy atom. The highest BCUT2D eigenvalue weighted by atomic mass is 19.1. The molecule has 0 fully saturated rings. The van der Waals surface area contributed by atoms with E-state index in [-0.39, 0.29) is 18.8 Å². The minimum absolute atomic E-state index is 0.133. The van der Waals surface area contributed by atoms with Gasteiger partial charge in [0.2, 0.25) is 0 Å². The maximum Gasteiger partial charge on any atom is 0.337 e. The second kappa shape index (κ2) is 8.58. The number of hydrogen-bond donors (Lipinski definition) is 2. The van der Waals surface area contributed by atoms with Crippen LogP contribution in [0.5, 0.6) is 0 Å². The molecule has 0 aliphatic heterocycles. The number of ether oxygens (including phenoxy) is 1. The third-order valence-electron chi connectivity index (χ3n) is 3.41. The largest absolute Gasteiger partial charge is 0.465 e. The highest BCUT2D eigenvalue weighted by molar-refractivity contribution is 6.39. The fourth-order valence-electron chi connectivity index (χ4n) is 2.09. The van der Waals surface area contributed by atoms with Gasteiger partial charge in [-0.3, -0.25) is 9.59 Å². The van der Waals surface area contributed by atoms with Crippen molar-refractivity contribution in [2.45, 2.75) is 6.42 Å². The Bertz CT molecular complexity index is 775. The molecule has 0 atom stereocenters. The van der Waals surface area contributed by atoms with E-state index in [0.717, 1.165) is 0 Å². The van der Waals surface area contributed by atoms with Crippen LogP contribution in [-0.2, 0) is 20.7 Å². The van der Waals surface area contributed by atoms with E-state index in [1.807, 2.05) is 0 Å². The number of benzene rings is 2. The van der Waals surface area contributed by atoms with Crippen molar-refractivity contribution < 1.29 is 23.5 Å². The van der Waals surface area contributed by atoms with Crippen molar-refractivity contribution >= 4 is 23.5 Å². The van der Waals surface area contributed by atoms with E-state index in [0.29, 0.717) is 16.8 Å². The summed E-state index contributed by atoms with van der Waals surface area (Å²) in [5.74, 6) is -2.52. The third-order valence-corrected chi connectivity index (χ3v) is 3.41. The summed E-state index contributed by atoms with van der Waals surface area (Å²) < 4.78 is 18.0. The summed E-state index contributed by atoms with van der Waals surface area (Å²) in [6, 6.07) is 12.1. The summed E-state index contributed by atoms with van der Waals surface area (Å²) in [6.07, 6.45) is 0.277. The smallest absolute Gasteiger partial charge is 0.337 e. The van der Waals surface area contributed by atoms with Crippen LogP contribution in [0.25, 0.3) is 0 Å². The van der Waals surface area contributed by atoms with Crippen molar-refractivity contribution in [2.24, 2.45) is 0 Å². The summed E-state index contributed by atoms with van der Waals surface area (Å²) >= 11 is 0. The Labute approximate surface area is 144 Å². The molecule has 25 heavy (non-hydrogen) atoms. The lowest BCUT2D eigenvalue weighted by Gasteiger charge is -2.07. The van der Waals surface area contributed by atoms with Crippen molar-refractivity contribution in [2.75, 3.05) is 19.0 Å². The molecule has 0 saturated carbocycles. The van der Waals surface area contributed by atoms with Gasteiger partial charge in [0.05, 0.1) is 12.7 Å². The maximum absolute atomic E-state index is 13.5. The molecule has 0 aliphatic rings. The SMILES string of the molecule is COC(=O)c1ccc(NC(=O)C(=O)NCCc2ccccc2F)cc1. The van der Waals surface area contributed by atoms with Crippen LogP contribution in [-0.4, -0.2) is 31.4 Å². The fourth-order valence-corrected chi connectivity index (χ4v) is 2.09. The zero-order valence-corrected chi connectivity index (χ0v) is 13.5. The number of carbonyl (C=O) groups excluding carboxylic acids is 3. The number of hydrogen-bond acceptors (Lipinski definition) is 4. The number of halogens is 1.